The summed E-state index contributed by atoms with van der Waals surface area (Å²) in [5.41, 5.74) is -0.898. The highest BCUT2D eigenvalue weighted by Gasteiger charge is 2.43. The summed E-state index contributed by atoms with van der Waals surface area (Å²) in [4.78, 5) is 26.1. The number of hydrogen-bond donors (Lipinski definition) is 1. The molecule has 0 aliphatic heterocycles. The number of alkyl carbamates (subject to hydrolysis) is 1. The first-order valence-corrected chi connectivity index (χ1v) is 12.6. The molecule has 1 aromatic carbocycles. The van der Waals surface area contributed by atoms with E-state index in [-0.39, 0.29) is 11.8 Å². The highest BCUT2D eigenvalue weighted by molar-refractivity contribution is 5.83. The molecule has 0 bridgehead atoms. The van der Waals surface area contributed by atoms with Gasteiger partial charge in [0.15, 0.2) is 0 Å². The molecule has 10 heteroatoms. The van der Waals surface area contributed by atoms with Gasteiger partial charge in [-0.05, 0) is 38.5 Å². The van der Waals surface area contributed by atoms with Gasteiger partial charge in [-0.15, -0.1) is 0 Å². The smallest absolute Gasteiger partial charge is 0.408 e. The van der Waals surface area contributed by atoms with Crippen molar-refractivity contribution in [3.05, 3.63) is 29.1 Å². The molecule has 1 N–H and O–H groups in total. The second-order valence-electron chi connectivity index (χ2n) is 10.8. The molecule has 1 atom stereocenters. The Labute approximate surface area is 208 Å². The lowest BCUT2D eigenvalue weighted by atomic mass is 9.66. The molecule has 0 radical (unpaired) electrons. The van der Waals surface area contributed by atoms with Crippen molar-refractivity contribution >= 4 is 12.1 Å². The Morgan fingerprint density at radius 1 is 0.750 bits per heavy atom. The average Bonchev–Trinajstić information content (AvgIpc) is 2.84. The number of benzene rings is 1. The van der Waals surface area contributed by atoms with Crippen molar-refractivity contribution in [1.82, 2.24) is 5.32 Å². The minimum atomic E-state index is -2.35. The normalized spacial score (nSPS) is 18.7. The van der Waals surface area contributed by atoms with Crippen LogP contribution in [0.15, 0.2) is 0 Å². The molecule has 0 aromatic heterocycles. The van der Waals surface area contributed by atoms with Crippen LogP contribution in [-0.2, 0) is 9.53 Å². The predicted octanol–water partition coefficient (Wildman–Crippen LogP) is 6.96. The van der Waals surface area contributed by atoms with Crippen molar-refractivity contribution < 1.29 is 41.0 Å². The summed E-state index contributed by atoms with van der Waals surface area (Å²) in [6, 6.07) is -1.39. The van der Waals surface area contributed by atoms with Gasteiger partial charge in [0.1, 0.15) is 11.6 Å². The molecular formula is C26H34F5NO4. The maximum Gasteiger partial charge on any atom is 0.408 e. The van der Waals surface area contributed by atoms with Gasteiger partial charge < -0.3 is 14.8 Å². The van der Waals surface area contributed by atoms with Crippen LogP contribution < -0.4 is 10.1 Å². The van der Waals surface area contributed by atoms with E-state index in [0.717, 1.165) is 64.2 Å². The lowest BCUT2D eigenvalue weighted by molar-refractivity contribution is -0.140. The van der Waals surface area contributed by atoms with Crippen molar-refractivity contribution in [2.75, 3.05) is 0 Å². The molecule has 3 rings (SSSR count). The zero-order valence-electron chi connectivity index (χ0n) is 20.9. The lowest BCUT2D eigenvalue weighted by Crippen LogP contribution is -2.53. The lowest BCUT2D eigenvalue weighted by Gasteiger charge is -2.41. The Kier molecular flexibility index (Phi) is 9.22. The van der Waals surface area contributed by atoms with Crippen LogP contribution in [0, 0.1) is 46.8 Å². The Balaban J connectivity index is 2.00. The van der Waals surface area contributed by atoms with Gasteiger partial charge in [0.2, 0.25) is 34.8 Å². The molecule has 0 unspecified atom stereocenters. The molecule has 1 aromatic rings. The molecule has 2 aliphatic carbocycles. The maximum atomic E-state index is 14.3. The van der Waals surface area contributed by atoms with Crippen LogP contribution in [0.4, 0.5) is 26.7 Å². The van der Waals surface area contributed by atoms with Gasteiger partial charge in [0.25, 0.3) is 0 Å². The molecule has 2 fully saturated rings. The molecule has 5 nitrogen and oxygen atoms in total. The first-order chi connectivity index (χ1) is 16.9. The first kappa shape index (κ1) is 28.2. The van der Waals surface area contributed by atoms with Gasteiger partial charge in [0, 0.05) is 0 Å². The molecule has 0 heterocycles. The second-order valence-corrected chi connectivity index (χ2v) is 10.8. The van der Waals surface area contributed by atoms with Crippen LogP contribution in [0.1, 0.15) is 85.0 Å². The molecule has 2 saturated carbocycles. The minimum Gasteiger partial charge on any atom is -0.444 e. The number of rotatable bonds is 6. The van der Waals surface area contributed by atoms with Gasteiger partial charge in [-0.1, -0.05) is 64.2 Å². The fourth-order valence-electron chi connectivity index (χ4n) is 5.55. The molecular weight excluding hydrogens is 485 g/mol. The van der Waals surface area contributed by atoms with Gasteiger partial charge in [0.05, 0.1) is 0 Å². The Bertz CT molecular complexity index is 906. The van der Waals surface area contributed by atoms with Crippen LogP contribution in [0.2, 0.25) is 0 Å². The number of nitrogens with one attached hydrogen (secondary N) is 1. The Morgan fingerprint density at radius 2 is 1.17 bits per heavy atom. The van der Waals surface area contributed by atoms with Crippen molar-refractivity contribution in [2.24, 2.45) is 17.8 Å². The SMILES string of the molecule is CC(C)(C)OC(=O)N[C@H](C(=O)Oc1c(F)c(F)c(F)c(F)c1F)C(C1CCCCC1)C1CCCCC1. The van der Waals surface area contributed by atoms with E-state index in [2.05, 4.69) is 5.32 Å². The van der Waals surface area contributed by atoms with Crippen molar-refractivity contribution in [2.45, 2.75) is 96.6 Å². The molecule has 0 saturated heterocycles. The van der Waals surface area contributed by atoms with Crippen molar-refractivity contribution in [1.29, 1.82) is 0 Å². The fourth-order valence-corrected chi connectivity index (χ4v) is 5.55. The van der Waals surface area contributed by atoms with Gasteiger partial charge in [-0.2, -0.15) is 8.78 Å². The third kappa shape index (κ3) is 6.68. The van der Waals surface area contributed by atoms with Gasteiger partial charge >= 0.3 is 12.1 Å². The van der Waals surface area contributed by atoms with Crippen LogP contribution in [0.5, 0.6) is 5.75 Å². The topological polar surface area (TPSA) is 64.6 Å². The standard InChI is InChI=1S/C26H34F5NO4/c1-26(2,3)36-25(34)32-22(16(14-10-6-4-7-11-14)15-12-8-5-9-13-15)24(33)35-23-20(30)18(28)17(27)19(29)21(23)31/h14-16,22H,4-13H2,1-3H3,(H,32,34)/t22-/m0/s1. The summed E-state index contributed by atoms with van der Waals surface area (Å²) < 4.78 is 79.8. The molecule has 202 valence electrons. The molecule has 1 amide bonds. The summed E-state index contributed by atoms with van der Waals surface area (Å²) >= 11 is 0. The van der Waals surface area contributed by atoms with Crippen LogP contribution in [0.25, 0.3) is 0 Å². The number of halogens is 5. The van der Waals surface area contributed by atoms with Crippen molar-refractivity contribution in [3.63, 3.8) is 0 Å². The van der Waals surface area contributed by atoms with E-state index >= 15 is 0 Å². The zero-order chi connectivity index (χ0) is 26.6. The third-order valence-electron chi connectivity index (χ3n) is 7.07. The van der Waals surface area contributed by atoms with Crippen molar-refractivity contribution in [3.8, 4) is 5.75 Å². The number of hydrogen-bond acceptors (Lipinski definition) is 4. The summed E-state index contributed by atoms with van der Waals surface area (Å²) in [6.07, 6.45) is 8.04. The van der Waals surface area contributed by atoms with E-state index in [1.807, 2.05) is 0 Å². The minimum absolute atomic E-state index is 0.0192. The monoisotopic (exact) mass is 519 g/mol. The van der Waals surface area contributed by atoms with E-state index in [0.29, 0.717) is 0 Å². The Morgan fingerprint density at radius 3 is 1.58 bits per heavy atom. The maximum absolute atomic E-state index is 14.3. The quantitative estimate of drug-likeness (QED) is 0.145. The molecule has 36 heavy (non-hydrogen) atoms. The first-order valence-electron chi connectivity index (χ1n) is 12.6. The summed E-state index contributed by atoms with van der Waals surface area (Å²) in [5, 5.41) is 2.53. The number of esters is 1. The van der Waals surface area contributed by atoms with E-state index in [4.69, 9.17) is 9.47 Å². The molecule has 2 aliphatic rings. The van der Waals surface area contributed by atoms with E-state index in [1.54, 1.807) is 20.8 Å². The van der Waals surface area contributed by atoms with Crippen LogP contribution in [-0.4, -0.2) is 23.7 Å². The predicted molar refractivity (Wildman–Crippen MR) is 122 cm³/mol. The zero-order valence-corrected chi connectivity index (χ0v) is 20.9. The van der Waals surface area contributed by atoms with Gasteiger partial charge in [-0.3, -0.25) is 0 Å². The summed E-state index contributed by atoms with van der Waals surface area (Å²) in [5.74, 6) is -14.7. The fraction of sp³-hybridized carbons (Fsp3) is 0.692. The highest BCUT2D eigenvalue weighted by Crippen LogP contribution is 2.42. The summed E-state index contributed by atoms with van der Waals surface area (Å²) in [7, 11) is 0. The van der Waals surface area contributed by atoms with Gasteiger partial charge in [-0.25, -0.2) is 22.8 Å². The number of carbonyl (C=O) groups excluding carboxylic acids is 2. The third-order valence-corrected chi connectivity index (χ3v) is 7.07. The number of amides is 1. The number of ether oxygens (including phenoxy) is 2. The number of carbonyl (C=O) groups is 2. The Hall–Kier alpha value is -2.39. The van der Waals surface area contributed by atoms with E-state index < -0.39 is 64.5 Å². The largest absolute Gasteiger partial charge is 0.444 e. The van der Waals surface area contributed by atoms with E-state index in [9.17, 15) is 31.5 Å². The molecule has 0 spiro atoms. The highest BCUT2D eigenvalue weighted by atomic mass is 19.2. The van der Waals surface area contributed by atoms with E-state index in [1.165, 1.54) is 0 Å². The summed E-state index contributed by atoms with van der Waals surface area (Å²) in [6.45, 7) is 4.90. The van der Waals surface area contributed by atoms with Crippen LogP contribution >= 0.6 is 0 Å². The van der Waals surface area contributed by atoms with Crippen LogP contribution in [0.3, 0.4) is 0 Å². The average molecular weight is 520 g/mol. The second kappa shape index (κ2) is 11.8.